The van der Waals surface area contributed by atoms with Gasteiger partial charge in [0, 0.05) is 22.1 Å². The Balaban J connectivity index is 2.84. The summed E-state index contributed by atoms with van der Waals surface area (Å²) in [4.78, 5) is 0. The van der Waals surface area contributed by atoms with Gasteiger partial charge >= 0.3 is 0 Å². The summed E-state index contributed by atoms with van der Waals surface area (Å²) >= 11 is 12.1. The van der Waals surface area contributed by atoms with Crippen molar-refractivity contribution in [2.45, 2.75) is 39.7 Å². The van der Waals surface area contributed by atoms with E-state index in [2.05, 4.69) is 39.1 Å². The van der Waals surface area contributed by atoms with Crippen LogP contribution < -0.4 is 5.32 Å². The van der Waals surface area contributed by atoms with E-state index >= 15 is 0 Å². The monoisotopic (exact) mass is 285 g/mol. The molecular weight excluding hydrogens is 265 g/mol. The van der Waals surface area contributed by atoms with Crippen LogP contribution >= 0.6 is 23.2 Å². The zero-order valence-electron chi connectivity index (χ0n) is 11.5. The smallest absolute Gasteiger partial charge is 0.0493 e. The normalized spacial score (nSPS) is 12.9. The van der Waals surface area contributed by atoms with E-state index in [1.165, 1.54) is 5.57 Å². The molecule has 100 valence electrons. The van der Waals surface area contributed by atoms with Crippen molar-refractivity contribution in [1.29, 1.82) is 0 Å². The topological polar surface area (TPSA) is 12.0 Å². The second-order valence-electron chi connectivity index (χ2n) is 5.43. The molecule has 0 amide bonds. The lowest BCUT2D eigenvalue weighted by Gasteiger charge is -2.21. The number of hydrogen-bond donors (Lipinski definition) is 1. The highest BCUT2D eigenvalue weighted by Crippen LogP contribution is 2.23. The Kier molecular flexibility index (Phi) is 5.71. The van der Waals surface area contributed by atoms with Gasteiger partial charge in [0.15, 0.2) is 0 Å². The van der Waals surface area contributed by atoms with Crippen LogP contribution in [-0.2, 0) is 0 Å². The maximum Gasteiger partial charge on any atom is 0.0493 e. The first-order valence-electron chi connectivity index (χ1n) is 6.21. The van der Waals surface area contributed by atoms with Crippen molar-refractivity contribution in [1.82, 2.24) is 5.32 Å². The Labute approximate surface area is 120 Å². The lowest BCUT2D eigenvalue weighted by Crippen LogP contribution is -2.36. The summed E-state index contributed by atoms with van der Waals surface area (Å²) in [6.07, 6.45) is 3.14. The molecule has 0 fully saturated rings. The van der Waals surface area contributed by atoms with Crippen molar-refractivity contribution in [3.8, 4) is 0 Å². The Bertz CT molecular complexity index is 431. The number of nitrogens with one attached hydrogen (secondary N) is 1. The third-order valence-corrected chi connectivity index (χ3v) is 3.18. The average molecular weight is 286 g/mol. The van der Waals surface area contributed by atoms with Crippen molar-refractivity contribution < 1.29 is 0 Å². The molecule has 1 nitrogen and oxygen atoms in total. The van der Waals surface area contributed by atoms with Gasteiger partial charge in [0.25, 0.3) is 0 Å². The van der Waals surface area contributed by atoms with E-state index in [1.54, 1.807) is 6.07 Å². The molecule has 1 aromatic carbocycles. The molecule has 0 saturated heterocycles. The van der Waals surface area contributed by atoms with Crippen LogP contribution in [0.3, 0.4) is 0 Å². The first kappa shape index (κ1) is 15.6. The van der Waals surface area contributed by atoms with Crippen LogP contribution in [0.1, 0.15) is 39.7 Å². The molecule has 0 spiro atoms. The minimum Gasteiger partial charge on any atom is -0.308 e. The molecule has 0 bridgehead atoms. The highest BCUT2D eigenvalue weighted by atomic mass is 35.5. The molecule has 0 aliphatic carbocycles. The molecule has 1 aromatic rings. The van der Waals surface area contributed by atoms with Crippen LogP contribution in [0.5, 0.6) is 0 Å². The van der Waals surface area contributed by atoms with Crippen molar-refractivity contribution >= 4 is 29.3 Å². The fourth-order valence-electron chi connectivity index (χ4n) is 1.50. The number of benzene rings is 1. The van der Waals surface area contributed by atoms with E-state index in [0.29, 0.717) is 10.0 Å². The molecule has 0 saturated carbocycles. The minimum atomic E-state index is 0.123. The van der Waals surface area contributed by atoms with Crippen molar-refractivity contribution in [3.63, 3.8) is 0 Å². The van der Waals surface area contributed by atoms with Gasteiger partial charge in [0.2, 0.25) is 0 Å². The molecule has 0 heterocycles. The van der Waals surface area contributed by atoms with Gasteiger partial charge in [0.1, 0.15) is 0 Å². The van der Waals surface area contributed by atoms with E-state index in [-0.39, 0.29) is 5.54 Å². The molecule has 0 radical (unpaired) electrons. The SMILES string of the molecule is CCC(=Cc1ccc(Cl)cc1Cl)CNC(C)(C)C. The van der Waals surface area contributed by atoms with Gasteiger partial charge in [-0.1, -0.05) is 47.8 Å². The Hall–Kier alpha value is -0.500. The maximum atomic E-state index is 6.17. The van der Waals surface area contributed by atoms with Crippen LogP contribution in [0.2, 0.25) is 10.0 Å². The van der Waals surface area contributed by atoms with Crippen LogP contribution in [0.15, 0.2) is 23.8 Å². The summed E-state index contributed by atoms with van der Waals surface area (Å²) in [5.74, 6) is 0. The minimum absolute atomic E-state index is 0.123. The van der Waals surface area contributed by atoms with Crippen LogP contribution in [-0.4, -0.2) is 12.1 Å². The largest absolute Gasteiger partial charge is 0.308 e. The summed E-state index contributed by atoms with van der Waals surface area (Å²) in [5.41, 5.74) is 2.47. The predicted octanol–water partition coefficient (Wildman–Crippen LogP) is 5.17. The number of hydrogen-bond acceptors (Lipinski definition) is 1. The van der Waals surface area contributed by atoms with E-state index in [4.69, 9.17) is 23.2 Å². The van der Waals surface area contributed by atoms with Crippen LogP contribution in [0.25, 0.3) is 6.08 Å². The van der Waals surface area contributed by atoms with Gasteiger partial charge in [-0.15, -0.1) is 0 Å². The molecule has 0 aliphatic rings. The summed E-state index contributed by atoms with van der Waals surface area (Å²) in [5, 5.41) is 4.85. The molecule has 1 N–H and O–H groups in total. The Morgan fingerprint density at radius 3 is 2.44 bits per heavy atom. The van der Waals surface area contributed by atoms with Crippen LogP contribution in [0, 0.1) is 0 Å². The fourth-order valence-corrected chi connectivity index (χ4v) is 1.96. The van der Waals surface area contributed by atoms with Crippen LogP contribution in [0.4, 0.5) is 0 Å². The molecule has 0 atom stereocenters. The molecule has 1 rings (SSSR count). The van der Waals surface area contributed by atoms with E-state index in [1.807, 2.05) is 12.1 Å². The van der Waals surface area contributed by atoms with Gasteiger partial charge in [-0.25, -0.2) is 0 Å². The van der Waals surface area contributed by atoms with E-state index in [9.17, 15) is 0 Å². The third kappa shape index (κ3) is 5.43. The molecular formula is C15H21Cl2N. The predicted molar refractivity (Wildman–Crippen MR) is 82.5 cm³/mol. The lowest BCUT2D eigenvalue weighted by molar-refractivity contribution is 0.443. The number of halogens is 2. The highest BCUT2D eigenvalue weighted by molar-refractivity contribution is 6.35. The zero-order valence-corrected chi connectivity index (χ0v) is 13.0. The molecule has 18 heavy (non-hydrogen) atoms. The number of rotatable bonds is 4. The Morgan fingerprint density at radius 2 is 1.94 bits per heavy atom. The van der Waals surface area contributed by atoms with E-state index < -0.39 is 0 Å². The molecule has 3 heteroatoms. The Morgan fingerprint density at radius 1 is 1.28 bits per heavy atom. The maximum absolute atomic E-state index is 6.17. The van der Waals surface area contributed by atoms with E-state index in [0.717, 1.165) is 18.5 Å². The average Bonchev–Trinajstić information content (AvgIpc) is 2.25. The highest BCUT2D eigenvalue weighted by Gasteiger charge is 2.09. The lowest BCUT2D eigenvalue weighted by atomic mass is 10.1. The van der Waals surface area contributed by atoms with Gasteiger partial charge in [-0.05, 0) is 44.9 Å². The van der Waals surface area contributed by atoms with Crippen molar-refractivity contribution in [2.24, 2.45) is 0 Å². The van der Waals surface area contributed by atoms with Crippen molar-refractivity contribution in [2.75, 3.05) is 6.54 Å². The summed E-state index contributed by atoms with van der Waals surface area (Å²) in [6, 6.07) is 5.60. The third-order valence-electron chi connectivity index (χ3n) is 2.62. The van der Waals surface area contributed by atoms with Gasteiger partial charge in [-0.3, -0.25) is 0 Å². The van der Waals surface area contributed by atoms with Gasteiger partial charge in [-0.2, -0.15) is 0 Å². The summed E-state index contributed by atoms with van der Waals surface area (Å²) in [6.45, 7) is 9.51. The zero-order chi connectivity index (χ0) is 13.8. The molecule has 0 aliphatic heterocycles. The standard InChI is InChI=1S/C15H21Cl2N/c1-5-11(10-18-15(2,3)4)8-12-6-7-13(16)9-14(12)17/h6-9,18H,5,10H2,1-4H3. The second kappa shape index (κ2) is 6.60. The molecule has 0 unspecified atom stereocenters. The quantitative estimate of drug-likeness (QED) is 0.804. The first-order chi connectivity index (χ1) is 8.31. The fraction of sp³-hybridized carbons (Fsp3) is 0.467. The van der Waals surface area contributed by atoms with Crippen molar-refractivity contribution in [3.05, 3.63) is 39.4 Å². The summed E-state index contributed by atoms with van der Waals surface area (Å²) < 4.78 is 0. The second-order valence-corrected chi connectivity index (χ2v) is 6.27. The van der Waals surface area contributed by atoms with Gasteiger partial charge < -0.3 is 5.32 Å². The van der Waals surface area contributed by atoms with Gasteiger partial charge in [0.05, 0.1) is 0 Å². The molecule has 0 aromatic heterocycles. The first-order valence-corrected chi connectivity index (χ1v) is 6.97. The summed E-state index contributed by atoms with van der Waals surface area (Å²) in [7, 11) is 0.